The molecule has 0 saturated heterocycles. The van der Waals surface area contributed by atoms with Crippen LogP contribution in [0.4, 0.5) is 18.0 Å². The molecule has 9 nitrogen and oxygen atoms in total. The number of hydrogen-bond acceptors (Lipinski definition) is 8. The highest BCUT2D eigenvalue weighted by Crippen LogP contribution is 2.40. The molecule has 1 rings (SSSR count). The standard InChI is InChI=1S/C21H31ClF3N3O6S/c1-18(2,3)33-16(29)13(28-17(30)34-19(4,5)6)7-9-35(32)10-8-20(31,21(23,24)25)14-11-27-15(22)12-26-14/h11-13,31H,7-10H2,1-6H3,(H,28,30). The molecule has 0 fully saturated rings. The summed E-state index contributed by atoms with van der Waals surface area (Å²) in [6.45, 7) is 9.71. The first-order valence-corrected chi connectivity index (χ1v) is 12.4. The largest absolute Gasteiger partial charge is 0.458 e. The van der Waals surface area contributed by atoms with Crippen LogP contribution in [0.3, 0.4) is 0 Å². The third-order valence-electron chi connectivity index (χ3n) is 4.22. The minimum atomic E-state index is -5.13. The highest BCUT2D eigenvalue weighted by atomic mass is 35.5. The van der Waals surface area contributed by atoms with Crippen molar-refractivity contribution < 1.29 is 41.5 Å². The molecular formula is C21H31ClF3N3O6S. The van der Waals surface area contributed by atoms with E-state index < -0.39 is 69.8 Å². The van der Waals surface area contributed by atoms with Gasteiger partial charge in [0.25, 0.3) is 0 Å². The zero-order chi connectivity index (χ0) is 27.2. The summed E-state index contributed by atoms with van der Waals surface area (Å²) in [5, 5.41) is 12.5. The number of carbonyl (C=O) groups is 2. The van der Waals surface area contributed by atoms with Gasteiger partial charge in [-0.25, -0.2) is 14.6 Å². The summed E-state index contributed by atoms with van der Waals surface area (Å²) in [5.41, 5.74) is -5.92. The molecule has 0 bridgehead atoms. The second kappa shape index (κ2) is 11.8. The van der Waals surface area contributed by atoms with Crippen LogP contribution in [0.5, 0.6) is 0 Å². The maximum absolute atomic E-state index is 13.6. The van der Waals surface area contributed by atoms with E-state index in [0.717, 1.165) is 6.20 Å². The van der Waals surface area contributed by atoms with Gasteiger partial charge in [-0.3, -0.25) is 9.19 Å². The monoisotopic (exact) mass is 545 g/mol. The molecule has 0 radical (unpaired) electrons. The van der Waals surface area contributed by atoms with E-state index in [4.69, 9.17) is 21.1 Å². The highest BCUT2D eigenvalue weighted by molar-refractivity contribution is 7.84. The highest BCUT2D eigenvalue weighted by Gasteiger charge is 2.56. The zero-order valence-corrected chi connectivity index (χ0v) is 21.9. The van der Waals surface area contributed by atoms with Gasteiger partial charge in [0.15, 0.2) is 0 Å². The van der Waals surface area contributed by atoms with Crippen LogP contribution in [0.15, 0.2) is 12.4 Å². The molecule has 14 heteroatoms. The Morgan fingerprint density at radius 1 is 1.06 bits per heavy atom. The van der Waals surface area contributed by atoms with Crippen LogP contribution in [0.1, 0.15) is 60.1 Å². The van der Waals surface area contributed by atoms with Crippen molar-refractivity contribution in [2.75, 3.05) is 11.5 Å². The van der Waals surface area contributed by atoms with Gasteiger partial charge in [-0.1, -0.05) is 11.6 Å². The summed E-state index contributed by atoms with van der Waals surface area (Å²) in [6.07, 6.45) is -5.66. The Morgan fingerprint density at radius 2 is 1.63 bits per heavy atom. The molecule has 0 aliphatic heterocycles. The minimum Gasteiger partial charge on any atom is -0.458 e. The van der Waals surface area contributed by atoms with Crippen LogP contribution in [-0.2, 0) is 30.7 Å². The number of nitrogens with zero attached hydrogens (tertiary/aromatic N) is 2. The number of halogens is 4. The molecule has 0 aromatic carbocycles. The molecule has 0 aliphatic rings. The molecule has 3 atom stereocenters. The lowest BCUT2D eigenvalue weighted by molar-refractivity contribution is -0.269. The van der Waals surface area contributed by atoms with Gasteiger partial charge in [-0.05, 0) is 48.0 Å². The number of ether oxygens (including phenoxy) is 2. The van der Waals surface area contributed by atoms with Gasteiger partial charge in [0.2, 0.25) is 5.60 Å². The molecule has 0 aliphatic carbocycles. The first kappa shape index (κ1) is 31.0. The summed E-state index contributed by atoms with van der Waals surface area (Å²) in [6, 6.07) is -1.25. The van der Waals surface area contributed by atoms with E-state index in [-0.39, 0.29) is 17.3 Å². The maximum Gasteiger partial charge on any atom is 0.423 e. The first-order chi connectivity index (χ1) is 15.7. The van der Waals surface area contributed by atoms with E-state index in [1.807, 2.05) is 0 Å². The number of nitrogens with one attached hydrogen (secondary N) is 1. The SMILES string of the molecule is CC(C)(C)OC(=O)NC(CCS(=O)CCC(O)(c1cnc(Cl)cn1)C(F)(F)F)C(=O)OC(C)(C)C. The van der Waals surface area contributed by atoms with Gasteiger partial charge in [-0.15, -0.1) is 0 Å². The van der Waals surface area contributed by atoms with E-state index in [1.54, 1.807) is 41.5 Å². The molecule has 0 spiro atoms. The van der Waals surface area contributed by atoms with Crippen molar-refractivity contribution in [2.45, 2.75) is 83.4 Å². The number of alkyl halides is 3. The van der Waals surface area contributed by atoms with Crippen LogP contribution < -0.4 is 5.32 Å². The van der Waals surface area contributed by atoms with Crippen molar-refractivity contribution in [3.05, 3.63) is 23.2 Å². The van der Waals surface area contributed by atoms with Crippen molar-refractivity contribution in [3.8, 4) is 0 Å². The molecule has 1 amide bonds. The van der Waals surface area contributed by atoms with Gasteiger partial charge in [0.1, 0.15) is 22.4 Å². The fourth-order valence-corrected chi connectivity index (χ4v) is 3.95. The summed E-state index contributed by atoms with van der Waals surface area (Å²) >= 11 is 5.55. The van der Waals surface area contributed by atoms with Crippen LogP contribution in [-0.4, -0.2) is 66.3 Å². The van der Waals surface area contributed by atoms with Crippen molar-refractivity contribution >= 4 is 34.5 Å². The third kappa shape index (κ3) is 10.7. The van der Waals surface area contributed by atoms with E-state index >= 15 is 0 Å². The van der Waals surface area contributed by atoms with Crippen molar-refractivity contribution in [2.24, 2.45) is 0 Å². The molecular weight excluding hydrogens is 515 g/mol. The van der Waals surface area contributed by atoms with Gasteiger partial charge in [-0.2, -0.15) is 13.2 Å². The summed E-state index contributed by atoms with van der Waals surface area (Å²) < 4.78 is 63.8. The second-order valence-electron chi connectivity index (χ2n) is 9.70. The fourth-order valence-electron chi connectivity index (χ4n) is 2.63. The van der Waals surface area contributed by atoms with E-state index in [0.29, 0.717) is 6.20 Å². The average molecular weight is 546 g/mol. The van der Waals surface area contributed by atoms with Crippen LogP contribution in [0, 0.1) is 0 Å². The molecule has 1 heterocycles. The van der Waals surface area contributed by atoms with E-state index in [1.165, 1.54) is 0 Å². The Balaban J connectivity index is 2.90. The number of aromatic nitrogens is 2. The smallest absolute Gasteiger partial charge is 0.423 e. The lowest BCUT2D eigenvalue weighted by atomic mass is 9.96. The van der Waals surface area contributed by atoms with Crippen molar-refractivity contribution in [1.29, 1.82) is 0 Å². The number of rotatable bonds is 9. The minimum absolute atomic E-state index is 0.160. The van der Waals surface area contributed by atoms with Gasteiger partial charge >= 0.3 is 18.2 Å². The maximum atomic E-state index is 13.6. The molecule has 35 heavy (non-hydrogen) atoms. The second-order valence-corrected chi connectivity index (χ2v) is 11.8. The Kier molecular flexibility index (Phi) is 10.5. The summed E-state index contributed by atoms with van der Waals surface area (Å²) in [7, 11) is -1.91. The van der Waals surface area contributed by atoms with E-state index in [9.17, 15) is 32.1 Å². The number of hydrogen-bond donors (Lipinski definition) is 2. The lowest BCUT2D eigenvalue weighted by Gasteiger charge is -2.29. The predicted molar refractivity (Wildman–Crippen MR) is 123 cm³/mol. The third-order valence-corrected chi connectivity index (χ3v) is 5.77. The fraction of sp³-hybridized carbons (Fsp3) is 0.714. The van der Waals surface area contributed by atoms with E-state index in [2.05, 4.69) is 15.3 Å². The van der Waals surface area contributed by atoms with Gasteiger partial charge < -0.3 is 19.9 Å². The molecule has 2 N–H and O–H groups in total. The Bertz CT molecular complexity index is 904. The zero-order valence-electron chi connectivity index (χ0n) is 20.4. The molecule has 3 unspecified atom stereocenters. The van der Waals surface area contributed by atoms with Crippen LogP contribution in [0.2, 0.25) is 5.15 Å². The number of carbonyl (C=O) groups excluding carboxylic acids is 2. The quantitative estimate of drug-likeness (QED) is 0.450. The van der Waals surface area contributed by atoms with Crippen molar-refractivity contribution in [1.82, 2.24) is 15.3 Å². The molecule has 200 valence electrons. The van der Waals surface area contributed by atoms with Gasteiger partial charge in [0, 0.05) is 28.7 Å². The van der Waals surface area contributed by atoms with Crippen molar-refractivity contribution in [3.63, 3.8) is 0 Å². The molecule has 0 saturated carbocycles. The predicted octanol–water partition coefficient (Wildman–Crippen LogP) is 3.64. The number of esters is 1. The Labute approximate surface area is 209 Å². The van der Waals surface area contributed by atoms with Crippen LogP contribution >= 0.6 is 11.6 Å². The summed E-state index contributed by atoms with van der Waals surface area (Å²) in [5.74, 6) is -1.66. The number of aliphatic hydroxyl groups is 1. The lowest BCUT2D eigenvalue weighted by Crippen LogP contribution is -2.47. The molecule has 1 aromatic heterocycles. The Morgan fingerprint density at radius 3 is 2.09 bits per heavy atom. The van der Waals surface area contributed by atoms with Crippen LogP contribution in [0.25, 0.3) is 0 Å². The Hall–Kier alpha value is -1.99. The number of amides is 1. The summed E-state index contributed by atoms with van der Waals surface area (Å²) in [4.78, 5) is 31.7. The average Bonchev–Trinajstić information content (AvgIpc) is 2.66. The first-order valence-electron chi connectivity index (χ1n) is 10.6. The topological polar surface area (TPSA) is 128 Å². The van der Waals surface area contributed by atoms with Gasteiger partial charge in [0.05, 0.1) is 18.1 Å². The molecule has 1 aromatic rings. The number of alkyl carbamates (subject to hydrolysis) is 1. The normalized spacial score (nSPS) is 16.1.